The van der Waals surface area contributed by atoms with Gasteiger partial charge in [0.1, 0.15) is 4.60 Å². The van der Waals surface area contributed by atoms with Gasteiger partial charge in [-0.2, -0.15) is 0 Å². The normalized spacial score (nSPS) is 18.2. The molecule has 1 aliphatic rings. The lowest BCUT2D eigenvalue weighted by molar-refractivity contribution is 0.644. The van der Waals surface area contributed by atoms with Gasteiger partial charge in [-0.3, -0.25) is 0 Å². The molecular weight excluding hydrogens is 312 g/mol. The number of hydrogen-bond donors (Lipinski definition) is 1. The van der Waals surface area contributed by atoms with Gasteiger partial charge in [-0.1, -0.05) is 30.7 Å². The Morgan fingerprint density at radius 2 is 2.10 bits per heavy atom. The van der Waals surface area contributed by atoms with Gasteiger partial charge in [-0.05, 0) is 64.9 Å². The molecule has 20 heavy (non-hydrogen) atoms. The van der Waals surface area contributed by atoms with Crippen LogP contribution in [-0.4, -0.2) is 4.98 Å². The number of hydrogen-bond acceptors (Lipinski definition) is 2. The summed E-state index contributed by atoms with van der Waals surface area (Å²) >= 11 is 3.45. The molecule has 104 valence electrons. The highest BCUT2D eigenvalue weighted by Crippen LogP contribution is 2.31. The van der Waals surface area contributed by atoms with E-state index in [0.717, 1.165) is 15.9 Å². The molecule has 2 aromatic rings. The summed E-state index contributed by atoms with van der Waals surface area (Å²) in [5.41, 5.74) is 5.21. The van der Waals surface area contributed by atoms with Crippen molar-refractivity contribution in [3.8, 4) is 0 Å². The van der Waals surface area contributed by atoms with Gasteiger partial charge in [0.05, 0.1) is 17.9 Å². The Labute approximate surface area is 128 Å². The molecule has 0 fully saturated rings. The second kappa shape index (κ2) is 5.96. The highest BCUT2D eigenvalue weighted by molar-refractivity contribution is 9.10. The van der Waals surface area contributed by atoms with E-state index in [1.807, 2.05) is 6.20 Å². The van der Waals surface area contributed by atoms with E-state index >= 15 is 0 Å². The molecule has 1 aromatic carbocycles. The molecule has 1 N–H and O–H groups in total. The van der Waals surface area contributed by atoms with Crippen molar-refractivity contribution in [3.63, 3.8) is 0 Å². The molecule has 0 saturated heterocycles. The van der Waals surface area contributed by atoms with Gasteiger partial charge >= 0.3 is 0 Å². The van der Waals surface area contributed by atoms with Gasteiger partial charge < -0.3 is 5.32 Å². The summed E-state index contributed by atoms with van der Waals surface area (Å²) in [7, 11) is 0. The Hall–Kier alpha value is -1.35. The third kappa shape index (κ3) is 2.88. The maximum atomic E-state index is 4.38. The van der Waals surface area contributed by atoms with Crippen molar-refractivity contribution in [2.75, 3.05) is 5.32 Å². The van der Waals surface area contributed by atoms with Crippen LogP contribution in [0.3, 0.4) is 0 Å². The van der Waals surface area contributed by atoms with Crippen molar-refractivity contribution in [1.29, 1.82) is 0 Å². The molecule has 0 spiro atoms. The summed E-state index contributed by atoms with van der Waals surface area (Å²) in [6.45, 7) is 2.07. The van der Waals surface area contributed by atoms with Gasteiger partial charge in [0.2, 0.25) is 0 Å². The summed E-state index contributed by atoms with van der Waals surface area (Å²) in [6, 6.07) is 11.4. The number of nitrogens with one attached hydrogen (secondary N) is 1. The van der Waals surface area contributed by atoms with Crippen LogP contribution in [0.2, 0.25) is 0 Å². The fraction of sp³-hybridized carbons (Fsp3) is 0.353. The molecule has 3 rings (SSSR count). The maximum Gasteiger partial charge on any atom is 0.109 e. The summed E-state index contributed by atoms with van der Waals surface area (Å²) < 4.78 is 0.921. The molecule has 0 radical (unpaired) electrons. The largest absolute Gasteiger partial charge is 0.377 e. The van der Waals surface area contributed by atoms with Crippen LogP contribution in [0.15, 0.2) is 41.1 Å². The number of aryl methyl sites for hydroxylation is 2. The standard InChI is InChI=1S/C17H19BrN2/c1-12-10-14(11-19-17(12)18)20-16-9-5-3-7-13-6-2-4-8-15(13)16/h2,4,6,8,10-11,16,20H,3,5,7,9H2,1H3. The molecule has 0 bridgehead atoms. The Bertz CT molecular complexity index is 610. The Morgan fingerprint density at radius 1 is 1.25 bits per heavy atom. The van der Waals surface area contributed by atoms with Crippen LogP contribution in [0.4, 0.5) is 5.69 Å². The van der Waals surface area contributed by atoms with Gasteiger partial charge in [0.25, 0.3) is 0 Å². The lowest BCUT2D eigenvalue weighted by Gasteiger charge is -2.20. The highest BCUT2D eigenvalue weighted by Gasteiger charge is 2.18. The monoisotopic (exact) mass is 330 g/mol. The van der Waals surface area contributed by atoms with E-state index in [-0.39, 0.29) is 0 Å². The number of nitrogens with zero attached hydrogens (tertiary/aromatic N) is 1. The van der Waals surface area contributed by atoms with Crippen molar-refractivity contribution in [1.82, 2.24) is 4.98 Å². The van der Waals surface area contributed by atoms with Gasteiger partial charge in [-0.15, -0.1) is 0 Å². The summed E-state index contributed by atoms with van der Waals surface area (Å²) in [6.07, 6.45) is 6.85. The molecule has 1 atom stereocenters. The molecule has 1 unspecified atom stereocenters. The highest BCUT2D eigenvalue weighted by atomic mass is 79.9. The third-order valence-electron chi connectivity index (χ3n) is 3.97. The minimum Gasteiger partial charge on any atom is -0.377 e. The van der Waals surface area contributed by atoms with Gasteiger partial charge in [-0.25, -0.2) is 4.98 Å². The first-order chi connectivity index (χ1) is 9.74. The van der Waals surface area contributed by atoms with Crippen molar-refractivity contribution < 1.29 is 0 Å². The smallest absolute Gasteiger partial charge is 0.109 e. The van der Waals surface area contributed by atoms with E-state index < -0.39 is 0 Å². The van der Waals surface area contributed by atoms with E-state index in [0.29, 0.717) is 6.04 Å². The van der Waals surface area contributed by atoms with Gasteiger partial charge in [0.15, 0.2) is 0 Å². The lowest BCUT2D eigenvalue weighted by atomic mass is 9.99. The number of halogens is 1. The number of aromatic nitrogens is 1. The van der Waals surface area contributed by atoms with Crippen LogP contribution in [-0.2, 0) is 6.42 Å². The average molecular weight is 331 g/mol. The van der Waals surface area contributed by atoms with E-state index in [2.05, 4.69) is 63.5 Å². The van der Waals surface area contributed by atoms with Crippen molar-refractivity contribution in [2.45, 2.75) is 38.6 Å². The van der Waals surface area contributed by atoms with Gasteiger partial charge in [0, 0.05) is 0 Å². The van der Waals surface area contributed by atoms with Crippen LogP contribution in [0, 0.1) is 6.92 Å². The molecule has 3 heteroatoms. The molecule has 2 nitrogen and oxygen atoms in total. The Balaban J connectivity index is 1.88. The summed E-state index contributed by atoms with van der Waals surface area (Å²) in [4.78, 5) is 4.38. The Morgan fingerprint density at radius 3 is 2.95 bits per heavy atom. The predicted molar refractivity (Wildman–Crippen MR) is 87.0 cm³/mol. The fourth-order valence-corrected chi connectivity index (χ4v) is 3.13. The second-order valence-corrected chi connectivity index (χ2v) is 6.22. The third-order valence-corrected chi connectivity index (χ3v) is 4.80. The quantitative estimate of drug-likeness (QED) is 0.616. The first kappa shape index (κ1) is 13.6. The molecule has 1 aliphatic carbocycles. The van der Waals surface area contributed by atoms with E-state index in [9.17, 15) is 0 Å². The number of anilines is 1. The number of pyridine rings is 1. The number of fused-ring (bicyclic) bond motifs is 1. The Kier molecular flexibility index (Phi) is 4.06. The topological polar surface area (TPSA) is 24.9 Å². The molecular formula is C17H19BrN2. The SMILES string of the molecule is Cc1cc(NC2CCCCc3ccccc32)cnc1Br. The van der Waals surface area contributed by atoms with Crippen molar-refractivity contribution in [3.05, 3.63) is 57.8 Å². The number of benzene rings is 1. The molecule has 0 amide bonds. The second-order valence-electron chi connectivity index (χ2n) is 5.47. The summed E-state index contributed by atoms with van der Waals surface area (Å²) in [5.74, 6) is 0. The molecule has 0 aliphatic heterocycles. The minimum atomic E-state index is 0.399. The van der Waals surface area contributed by atoms with Crippen LogP contribution in [0.5, 0.6) is 0 Å². The maximum absolute atomic E-state index is 4.38. The van der Waals surface area contributed by atoms with E-state index in [1.165, 1.54) is 36.8 Å². The zero-order valence-electron chi connectivity index (χ0n) is 11.7. The predicted octanol–water partition coefficient (Wildman–Crippen LogP) is 5.03. The first-order valence-corrected chi connectivity index (χ1v) is 8.00. The minimum absolute atomic E-state index is 0.399. The molecule has 0 saturated carbocycles. The molecule has 1 aromatic heterocycles. The summed E-state index contributed by atoms with van der Waals surface area (Å²) in [5, 5.41) is 3.66. The lowest BCUT2D eigenvalue weighted by Crippen LogP contribution is -2.11. The fourth-order valence-electron chi connectivity index (χ4n) is 2.91. The van der Waals surface area contributed by atoms with Crippen molar-refractivity contribution >= 4 is 21.6 Å². The van der Waals surface area contributed by atoms with E-state index in [1.54, 1.807) is 0 Å². The van der Waals surface area contributed by atoms with Crippen LogP contribution < -0.4 is 5.32 Å². The van der Waals surface area contributed by atoms with Crippen molar-refractivity contribution in [2.24, 2.45) is 0 Å². The van der Waals surface area contributed by atoms with Crippen LogP contribution >= 0.6 is 15.9 Å². The average Bonchev–Trinajstić information content (AvgIpc) is 2.66. The molecule has 1 heterocycles. The first-order valence-electron chi connectivity index (χ1n) is 7.20. The number of rotatable bonds is 2. The zero-order chi connectivity index (χ0) is 13.9. The van der Waals surface area contributed by atoms with Crippen LogP contribution in [0.1, 0.15) is 42.0 Å². The zero-order valence-corrected chi connectivity index (χ0v) is 13.3. The van der Waals surface area contributed by atoms with E-state index in [4.69, 9.17) is 0 Å². The van der Waals surface area contributed by atoms with Crippen LogP contribution in [0.25, 0.3) is 0 Å².